The van der Waals surface area contributed by atoms with Gasteiger partial charge in [0.05, 0.1) is 17.9 Å². The van der Waals surface area contributed by atoms with Gasteiger partial charge in [-0.05, 0) is 77.0 Å². The van der Waals surface area contributed by atoms with Gasteiger partial charge in [-0.2, -0.15) is 8.42 Å². The Hall–Kier alpha value is -3.00. The maximum absolute atomic E-state index is 12.4. The van der Waals surface area contributed by atoms with E-state index in [1.165, 1.54) is 6.08 Å². The second-order valence-electron chi connectivity index (χ2n) is 10.7. The second kappa shape index (κ2) is 31.0. The Bertz CT molecular complexity index is 1110. The Balaban J connectivity index is 4.12. The van der Waals surface area contributed by atoms with Crippen molar-refractivity contribution in [3.8, 4) is 0 Å². The Morgan fingerprint density at radius 3 is 1.51 bits per heavy atom. The summed E-state index contributed by atoms with van der Waals surface area (Å²) >= 11 is 0. The van der Waals surface area contributed by atoms with Crippen LogP contribution in [0.3, 0.4) is 0 Å². The number of carbonyl (C=O) groups excluding carboxylic acids is 1. The highest BCUT2D eigenvalue weighted by Crippen LogP contribution is 2.06. The third kappa shape index (κ3) is 32.2. The summed E-state index contributed by atoms with van der Waals surface area (Å²) in [6.07, 6.45) is 48.2. The number of allylic oxidation sites excluding steroid dienone is 17. The summed E-state index contributed by atoms with van der Waals surface area (Å²) in [5.41, 5.74) is 0. The largest absolute Gasteiger partial charge is 0.387 e. The SMILES string of the molecule is CC/C=C\C/C=C\C/C=C\C/C=C\C/C=C\C/C=C\C/C=C\CCCC(=O)NC(CS(=O)(=O)O)C(O)/C=C/CC/C=C/CCC. The van der Waals surface area contributed by atoms with Crippen molar-refractivity contribution in [1.29, 1.82) is 0 Å². The van der Waals surface area contributed by atoms with E-state index in [-0.39, 0.29) is 12.3 Å². The van der Waals surface area contributed by atoms with Gasteiger partial charge in [0.25, 0.3) is 10.1 Å². The molecular weight excluding hydrogens is 582 g/mol. The Kier molecular flexibility index (Phi) is 28.9. The molecule has 0 saturated heterocycles. The molecule has 0 aliphatic heterocycles. The van der Waals surface area contributed by atoms with Crippen LogP contribution in [-0.4, -0.2) is 41.9 Å². The first kappa shape index (κ1) is 42.0. The molecule has 0 aromatic rings. The molecule has 0 spiro atoms. The monoisotopic (exact) mass is 641 g/mol. The molecule has 252 valence electrons. The summed E-state index contributed by atoms with van der Waals surface area (Å²) in [4.78, 5) is 12.4. The number of aliphatic hydroxyl groups is 1. The molecule has 7 heteroatoms. The number of carbonyl (C=O) groups is 1. The molecule has 0 aliphatic rings. The molecule has 0 fully saturated rings. The van der Waals surface area contributed by atoms with Crippen molar-refractivity contribution in [2.45, 2.75) is 116 Å². The summed E-state index contributed by atoms with van der Waals surface area (Å²) in [6, 6.07) is -1.11. The average Bonchev–Trinajstić information content (AvgIpc) is 3.00. The average molecular weight is 642 g/mol. The fraction of sp³-hybridized carbons (Fsp3) is 0.500. The van der Waals surface area contributed by atoms with Crippen LogP contribution in [0.25, 0.3) is 0 Å². The fourth-order valence-electron chi connectivity index (χ4n) is 3.99. The van der Waals surface area contributed by atoms with Gasteiger partial charge < -0.3 is 10.4 Å². The minimum atomic E-state index is -4.37. The van der Waals surface area contributed by atoms with Crippen molar-refractivity contribution in [3.05, 3.63) is 109 Å². The fourth-order valence-corrected chi connectivity index (χ4v) is 4.72. The summed E-state index contributed by atoms with van der Waals surface area (Å²) in [5, 5.41) is 13.0. The summed E-state index contributed by atoms with van der Waals surface area (Å²) in [6.45, 7) is 4.25. The number of amides is 1. The molecule has 0 aromatic heterocycles. The van der Waals surface area contributed by atoms with Crippen molar-refractivity contribution in [1.82, 2.24) is 5.32 Å². The van der Waals surface area contributed by atoms with Gasteiger partial charge in [0.15, 0.2) is 0 Å². The summed E-state index contributed by atoms with van der Waals surface area (Å²) in [7, 11) is -4.37. The van der Waals surface area contributed by atoms with Crippen LogP contribution < -0.4 is 5.32 Å². The van der Waals surface area contributed by atoms with E-state index >= 15 is 0 Å². The molecule has 3 N–H and O–H groups in total. The zero-order chi connectivity index (χ0) is 33.3. The van der Waals surface area contributed by atoms with Crippen LogP contribution in [0.15, 0.2) is 109 Å². The Morgan fingerprint density at radius 2 is 1.04 bits per heavy atom. The van der Waals surface area contributed by atoms with Crippen molar-refractivity contribution in [3.63, 3.8) is 0 Å². The maximum atomic E-state index is 12.4. The molecule has 2 unspecified atom stereocenters. The highest BCUT2D eigenvalue weighted by Gasteiger charge is 2.24. The molecule has 0 radical (unpaired) electrons. The predicted molar refractivity (Wildman–Crippen MR) is 193 cm³/mol. The third-order valence-corrected chi connectivity index (χ3v) is 7.19. The van der Waals surface area contributed by atoms with Gasteiger partial charge in [0.2, 0.25) is 5.91 Å². The van der Waals surface area contributed by atoms with Crippen LogP contribution in [0, 0.1) is 0 Å². The number of unbranched alkanes of at least 4 members (excludes halogenated alkanes) is 3. The van der Waals surface area contributed by atoms with Crippen molar-refractivity contribution in [2.24, 2.45) is 0 Å². The Morgan fingerprint density at radius 1 is 0.622 bits per heavy atom. The van der Waals surface area contributed by atoms with Crippen molar-refractivity contribution < 1.29 is 22.9 Å². The molecule has 0 aromatic carbocycles. The van der Waals surface area contributed by atoms with E-state index in [9.17, 15) is 22.9 Å². The zero-order valence-corrected chi connectivity index (χ0v) is 28.5. The molecule has 0 heterocycles. The maximum Gasteiger partial charge on any atom is 0.267 e. The molecule has 0 aliphatic carbocycles. The van der Waals surface area contributed by atoms with E-state index in [0.717, 1.165) is 64.2 Å². The minimum absolute atomic E-state index is 0.199. The van der Waals surface area contributed by atoms with Gasteiger partial charge in [-0.3, -0.25) is 9.35 Å². The molecule has 2 atom stereocenters. The van der Waals surface area contributed by atoms with E-state index in [0.29, 0.717) is 19.3 Å². The van der Waals surface area contributed by atoms with Crippen LogP contribution in [0.5, 0.6) is 0 Å². The van der Waals surface area contributed by atoms with Crippen LogP contribution in [0.4, 0.5) is 0 Å². The third-order valence-electron chi connectivity index (χ3n) is 6.41. The Labute approximate surface area is 274 Å². The molecule has 6 nitrogen and oxygen atoms in total. The van der Waals surface area contributed by atoms with Crippen LogP contribution in [0.1, 0.15) is 104 Å². The highest BCUT2D eigenvalue weighted by molar-refractivity contribution is 7.85. The lowest BCUT2D eigenvalue weighted by molar-refractivity contribution is -0.122. The van der Waals surface area contributed by atoms with E-state index < -0.39 is 28.0 Å². The van der Waals surface area contributed by atoms with E-state index in [2.05, 4.69) is 110 Å². The van der Waals surface area contributed by atoms with E-state index in [4.69, 9.17) is 0 Å². The van der Waals surface area contributed by atoms with Gasteiger partial charge in [0.1, 0.15) is 0 Å². The number of nitrogens with one attached hydrogen (secondary N) is 1. The first-order valence-corrected chi connectivity index (χ1v) is 18.2. The number of rotatable bonds is 27. The zero-order valence-electron chi connectivity index (χ0n) is 27.7. The lowest BCUT2D eigenvalue weighted by atomic mass is 10.1. The number of hydrogen-bond donors (Lipinski definition) is 3. The molecule has 0 rings (SSSR count). The minimum Gasteiger partial charge on any atom is -0.387 e. The number of aliphatic hydroxyl groups excluding tert-OH is 1. The summed E-state index contributed by atoms with van der Waals surface area (Å²) < 4.78 is 32.1. The lowest BCUT2D eigenvalue weighted by Gasteiger charge is -2.21. The van der Waals surface area contributed by atoms with E-state index in [1.807, 2.05) is 6.08 Å². The molecule has 0 bridgehead atoms. The smallest absolute Gasteiger partial charge is 0.267 e. The first-order chi connectivity index (χ1) is 21.8. The predicted octanol–water partition coefficient (Wildman–Crippen LogP) is 9.23. The van der Waals surface area contributed by atoms with Gasteiger partial charge in [-0.25, -0.2) is 0 Å². The normalized spacial score (nSPS) is 14.8. The molecular formula is C38H59NO5S. The molecule has 1 amide bonds. The highest BCUT2D eigenvalue weighted by atomic mass is 32.2. The number of hydrogen-bond acceptors (Lipinski definition) is 4. The lowest BCUT2D eigenvalue weighted by Crippen LogP contribution is -2.46. The van der Waals surface area contributed by atoms with Crippen LogP contribution in [0.2, 0.25) is 0 Å². The van der Waals surface area contributed by atoms with Crippen molar-refractivity contribution >= 4 is 16.0 Å². The first-order valence-electron chi connectivity index (χ1n) is 16.6. The van der Waals surface area contributed by atoms with Gasteiger partial charge >= 0.3 is 0 Å². The van der Waals surface area contributed by atoms with Crippen molar-refractivity contribution in [2.75, 3.05) is 5.75 Å². The summed E-state index contributed by atoms with van der Waals surface area (Å²) in [5.74, 6) is -1.10. The van der Waals surface area contributed by atoms with Crippen LogP contribution in [-0.2, 0) is 14.9 Å². The molecule has 0 saturated carbocycles. The molecule has 45 heavy (non-hydrogen) atoms. The second-order valence-corrected chi connectivity index (χ2v) is 12.2. The van der Waals surface area contributed by atoms with Gasteiger partial charge in [0, 0.05) is 6.42 Å². The standard InChI is InChI=1S/C38H59NO5S/c1-3-5-7-9-11-12-13-14-15-16-17-18-19-20-21-22-23-24-25-26-28-30-32-34-38(41)39-36(35-45(42,43)44)37(40)33-31-29-27-10-8-6-4-2/h5,7-8,10-12,14-15,17-18,20-21,23-24,26,28,31,33,36-37,40H,3-4,6,9,13,16,19,22,25,27,29-30,32,34-35H2,1-2H3,(H,39,41)(H,42,43,44)/b7-5-,10-8+,12-11-,15-14-,18-17-,21-20-,24-23-,28-26-,33-31+. The van der Waals surface area contributed by atoms with Gasteiger partial charge in [-0.1, -0.05) is 130 Å². The quantitative estimate of drug-likeness (QED) is 0.0471. The van der Waals surface area contributed by atoms with E-state index in [1.54, 1.807) is 6.08 Å². The topological polar surface area (TPSA) is 104 Å². The van der Waals surface area contributed by atoms with Crippen LogP contribution >= 0.6 is 0 Å². The van der Waals surface area contributed by atoms with Gasteiger partial charge in [-0.15, -0.1) is 0 Å².